The second kappa shape index (κ2) is 20.2. The van der Waals surface area contributed by atoms with E-state index >= 15 is 0 Å². The van der Waals surface area contributed by atoms with Crippen molar-refractivity contribution in [1.29, 1.82) is 0 Å². The Morgan fingerprint density at radius 2 is 0.821 bits per heavy atom. The molecule has 0 aromatic heterocycles. The maximum absolute atomic E-state index is 13.0. The van der Waals surface area contributed by atoms with Gasteiger partial charge in [-0.15, -0.1) is 0 Å². The molecule has 0 aliphatic carbocycles. The molecule has 10 nitrogen and oxygen atoms in total. The topological polar surface area (TPSA) is 132 Å². The molecule has 0 unspecified atom stereocenters. The van der Waals surface area contributed by atoms with Crippen LogP contribution in [0.3, 0.4) is 0 Å². The summed E-state index contributed by atoms with van der Waals surface area (Å²) in [5, 5.41) is 0. The monoisotopic (exact) mass is 756 g/mol. The lowest BCUT2D eigenvalue weighted by molar-refractivity contribution is -0.135. The molecule has 0 spiro atoms. The van der Waals surface area contributed by atoms with Gasteiger partial charge in [0, 0.05) is 12.8 Å². The van der Waals surface area contributed by atoms with E-state index in [2.05, 4.69) is 38.1 Å². The van der Waals surface area contributed by atoms with Crippen molar-refractivity contribution in [1.82, 2.24) is 0 Å². The predicted molar refractivity (Wildman–Crippen MR) is 209 cm³/mol. The summed E-state index contributed by atoms with van der Waals surface area (Å²) in [6.45, 7) is 4.26. The van der Waals surface area contributed by atoms with Gasteiger partial charge in [0.2, 0.25) is 0 Å². The zero-order valence-electron chi connectivity index (χ0n) is 31.7. The third-order valence-corrected chi connectivity index (χ3v) is 8.77. The van der Waals surface area contributed by atoms with E-state index < -0.39 is 29.8 Å². The van der Waals surface area contributed by atoms with Gasteiger partial charge in [0.1, 0.15) is 28.6 Å². The van der Waals surface area contributed by atoms with Crippen molar-refractivity contribution in [2.75, 3.05) is 7.11 Å². The standard InChI is InChI=1S/C46H44O10/c1-4-6-31-8-12-33(13-9-31)16-28-42(47)53-37-22-18-35(19-23-37)44(49)55-39-26-27-41(40(30-39)46(51)52-3)56-45(50)36-20-24-38(25-21-36)54-43(48)29-17-34-14-10-32(7-5-2)11-15-34/h8-15,18-27,30H,4-7,16-17,28-29H2,1-3H3. The molecule has 5 aromatic rings. The Labute approximate surface area is 326 Å². The van der Waals surface area contributed by atoms with Gasteiger partial charge in [-0.2, -0.15) is 0 Å². The van der Waals surface area contributed by atoms with Crippen LogP contribution >= 0.6 is 0 Å². The first kappa shape index (κ1) is 40.6. The Bertz CT molecular complexity index is 2120. The van der Waals surface area contributed by atoms with E-state index in [0.29, 0.717) is 12.8 Å². The molecule has 0 heterocycles. The van der Waals surface area contributed by atoms with Gasteiger partial charge in [-0.1, -0.05) is 75.2 Å². The molecule has 56 heavy (non-hydrogen) atoms. The van der Waals surface area contributed by atoms with Crippen molar-refractivity contribution in [3.8, 4) is 23.0 Å². The highest BCUT2D eigenvalue weighted by molar-refractivity contribution is 5.97. The molecule has 0 saturated heterocycles. The van der Waals surface area contributed by atoms with Gasteiger partial charge < -0.3 is 23.7 Å². The quantitative estimate of drug-likeness (QED) is 0.0670. The molecule has 0 saturated carbocycles. The molecule has 10 heteroatoms. The Hall–Kier alpha value is -6.55. The summed E-state index contributed by atoms with van der Waals surface area (Å²) in [5.74, 6) is -2.75. The number of aryl methyl sites for hydroxylation is 4. The third kappa shape index (κ3) is 12.0. The lowest BCUT2D eigenvalue weighted by Crippen LogP contribution is -2.14. The highest BCUT2D eigenvalue weighted by Crippen LogP contribution is 2.27. The van der Waals surface area contributed by atoms with E-state index in [0.717, 1.165) is 43.9 Å². The van der Waals surface area contributed by atoms with Crippen molar-refractivity contribution in [2.24, 2.45) is 0 Å². The molecule has 0 aliphatic heterocycles. The van der Waals surface area contributed by atoms with Crippen LogP contribution in [0.5, 0.6) is 23.0 Å². The van der Waals surface area contributed by atoms with Crippen LogP contribution in [0.4, 0.5) is 0 Å². The van der Waals surface area contributed by atoms with Gasteiger partial charge in [0.25, 0.3) is 0 Å². The third-order valence-electron chi connectivity index (χ3n) is 8.77. The molecule has 0 radical (unpaired) electrons. The minimum atomic E-state index is -0.829. The maximum Gasteiger partial charge on any atom is 0.343 e. The van der Waals surface area contributed by atoms with Crippen molar-refractivity contribution in [3.05, 3.63) is 154 Å². The summed E-state index contributed by atoms with van der Waals surface area (Å²) in [6.07, 6.45) is 5.64. The predicted octanol–water partition coefficient (Wildman–Crippen LogP) is 8.89. The molecule has 0 amide bonds. The fourth-order valence-electron chi connectivity index (χ4n) is 5.75. The highest BCUT2D eigenvalue weighted by Gasteiger charge is 2.20. The van der Waals surface area contributed by atoms with Crippen LogP contribution in [0.2, 0.25) is 0 Å². The number of hydrogen-bond donors (Lipinski definition) is 0. The lowest BCUT2D eigenvalue weighted by atomic mass is 10.0. The first-order chi connectivity index (χ1) is 27.1. The summed E-state index contributed by atoms with van der Waals surface area (Å²) >= 11 is 0. The van der Waals surface area contributed by atoms with Crippen molar-refractivity contribution in [2.45, 2.75) is 65.2 Å². The van der Waals surface area contributed by atoms with Crippen molar-refractivity contribution >= 4 is 29.8 Å². The largest absolute Gasteiger partial charge is 0.465 e. The van der Waals surface area contributed by atoms with Crippen LogP contribution in [0.15, 0.2) is 115 Å². The Morgan fingerprint density at radius 3 is 1.23 bits per heavy atom. The number of methoxy groups -OCH3 is 1. The van der Waals surface area contributed by atoms with Crippen LogP contribution in [0, 0.1) is 0 Å². The number of benzene rings is 5. The van der Waals surface area contributed by atoms with Gasteiger partial charge in [-0.3, -0.25) is 9.59 Å². The van der Waals surface area contributed by atoms with E-state index in [1.54, 1.807) is 0 Å². The molecular weight excluding hydrogens is 712 g/mol. The molecular formula is C46H44O10. The highest BCUT2D eigenvalue weighted by atomic mass is 16.6. The number of hydrogen-bond acceptors (Lipinski definition) is 10. The van der Waals surface area contributed by atoms with Crippen LogP contribution < -0.4 is 18.9 Å². The molecule has 5 rings (SSSR count). The first-order valence-electron chi connectivity index (χ1n) is 18.6. The lowest BCUT2D eigenvalue weighted by Gasteiger charge is -2.12. The van der Waals surface area contributed by atoms with Crippen LogP contribution in [-0.2, 0) is 40.0 Å². The second-order valence-electron chi connectivity index (χ2n) is 13.1. The summed E-state index contributed by atoms with van der Waals surface area (Å²) in [5.41, 5.74) is 4.75. The fourth-order valence-corrected chi connectivity index (χ4v) is 5.75. The fraction of sp³-hybridized carbons (Fsp3) is 0.239. The zero-order valence-corrected chi connectivity index (χ0v) is 31.7. The van der Waals surface area contributed by atoms with Crippen LogP contribution in [0.25, 0.3) is 0 Å². The maximum atomic E-state index is 13.0. The van der Waals surface area contributed by atoms with Gasteiger partial charge in [0.15, 0.2) is 0 Å². The second-order valence-corrected chi connectivity index (χ2v) is 13.1. The van der Waals surface area contributed by atoms with Crippen molar-refractivity contribution in [3.63, 3.8) is 0 Å². The minimum Gasteiger partial charge on any atom is -0.465 e. The molecule has 0 bridgehead atoms. The Balaban J connectivity index is 1.12. The minimum absolute atomic E-state index is 0.00638. The smallest absolute Gasteiger partial charge is 0.343 e. The number of carbonyl (C=O) groups is 5. The SMILES string of the molecule is CCCc1ccc(CCC(=O)Oc2ccc(C(=O)Oc3ccc(OC(=O)c4ccc(OC(=O)CCc5ccc(CCC)cc5)cc4)c(C(=O)OC)c3)cc2)cc1. The van der Waals surface area contributed by atoms with Crippen LogP contribution in [-0.4, -0.2) is 37.0 Å². The molecule has 0 N–H and O–H groups in total. The Kier molecular flexibility index (Phi) is 14.7. The average molecular weight is 757 g/mol. The van der Waals surface area contributed by atoms with E-state index in [-0.39, 0.29) is 52.5 Å². The molecule has 5 aromatic carbocycles. The van der Waals surface area contributed by atoms with Crippen molar-refractivity contribution < 1.29 is 47.7 Å². The van der Waals surface area contributed by atoms with Gasteiger partial charge in [-0.05, 0) is 115 Å². The summed E-state index contributed by atoms with van der Waals surface area (Å²) in [4.78, 5) is 63.5. The van der Waals surface area contributed by atoms with E-state index in [9.17, 15) is 24.0 Å². The van der Waals surface area contributed by atoms with E-state index in [4.69, 9.17) is 23.7 Å². The number of rotatable bonds is 17. The molecule has 0 atom stereocenters. The summed E-state index contributed by atoms with van der Waals surface area (Å²) < 4.78 is 26.7. The van der Waals surface area contributed by atoms with Gasteiger partial charge in [0.05, 0.1) is 18.2 Å². The van der Waals surface area contributed by atoms with Crippen LogP contribution in [0.1, 0.15) is 92.9 Å². The van der Waals surface area contributed by atoms with Gasteiger partial charge in [-0.25, -0.2) is 14.4 Å². The summed E-state index contributed by atoms with van der Waals surface area (Å²) in [6, 6.07) is 31.9. The van der Waals surface area contributed by atoms with E-state index in [1.165, 1.54) is 77.9 Å². The molecule has 0 aliphatic rings. The number of esters is 5. The van der Waals surface area contributed by atoms with Gasteiger partial charge >= 0.3 is 29.8 Å². The zero-order chi connectivity index (χ0) is 39.9. The number of ether oxygens (including phenoxy) is 5. The number of carbonyl (C=O) groups excluding carboxylic acids is 5. The summed E-state index contributed by atoms with van der Waals surface area (Å²) in [7, 11) is 1.16. The van der Waals surface area contributed by atoms with E-state index in [1.807, 2.05) is 24.3 Å². The molecule has 0 fully saturated rings. The first-order valence-corrected chi connectivity index (χ1v) is 18.6. The molecule has 288 valence electrons. The Morgan fingerprint density at radius 1 is 0.429 bits per heavy atom. The normalized spacial score (nSPS) is 10.6. The average Bonchev–Trinajstić information content (AvgIpc) is 3.21.